The lowest BCUT2D eigenvalue weighted by Gasteiger charge is -2.30. The smallest absolute Gasteiger partial charge is 0.328 e. The van der Waals surface area contributed by atoms with Crippen molar-refractivity contribution in [3.05, 3.63) is 34.9 Å². The van der Waals surface area contributed by atoms with Crippen LogP contribution in [0.5, 0.6) is 0 Å². The second-order valence-electron chi connectivity index (χ2n) is 5.56. The number of halogens is 1. The van der Waals surface area contributed by atoms with E-state index in [1.165, 1.54) is 12.8 Å². The predicted molar refractivity (Wildman–Crippen MR) is 83.3 cm³/mol. The van der Waals surface area contributed by atoms with E-state index in [9.17, 15) is 4.79 Å². The van der Waals surface area contributed by atoms with Crippen molar-refractivity contribution in [3.63, 3.8) is 0 Å². The van der Waals surface area contributed by atoms with E-state index in [4.69, 9.17) is 16.7 Å². The Labute approximate surface area is 124 Å². The fourth-order valence-corrected chi connectivity index (χ4v) is 2.43. The summed E-state index contributed by atoms with van der Waals surface area (Å²) < 4.78 is 0. The van der Waals surface area contributed by atoms with E-state index in [1.807, 2.05) is 18.2 Å². The summed E-state index contributed by atoms with van der Waals surface area (Å²) in [6.07, 6.45) is 5.35. The quantitative estimate of drug-likeness (QED) is 0.804. The van der Waals surface area contributed by atoms with Crippen LogP contribution in [0.15, 0.2) is 24.3 Å². The first-order valence-electron chi connectivity index (χ1n) is 6.94. The molecule has 0 heterocycles. The molecule has 1 aliphatic carbocycles. The van der Waals surface area contributed by atoms with E-state index in [-0.39, 0.29) is 0 Å². The van der Waals surface area contributed by atoms with Gasteiger partial charge < -0.3 is 10.0 Å². The molecular weight excluding hydrogens is 274 g/mol. The third-order valence-corrected chi connectivity index (χ3v) is 3.71. The Morgan fingerprint density at radius 1 is 1.50 bits per heavy atom. The fourth-order valence-electron chi connectivity index (χ4n) is 2.25. The Kier molecular flexibility index (Phi) is 4.71. The molecule has 0 unspecified atom stereocenters. The lowest BCUT2D eigenvalue weighted by molar-refractivity contribution is -0.131. The van der Waals surface area contributed by atoms with E-state index < -0.39 is 5.97 Å². The molecule has 1 saturated carbocycles. The number of anilines is 1. The molecule has 20 heavy (non-hydrogen) atoms. The molecule has 0 spiro atoms. The van der Waals surface area contributed by atoms with E-state index in [2.05, 4.69) is 18.7 Å². The van der Waals surface area contributed by atoms with Crippen LogP contribution < -0.4 is 4.90 Å². The van der Waals surface area contributed by atoms with Crippen molar-refractivity contribution in [3.8, 4) is 0 Å². The van der Waals surface area contributed by atoms with Crippen molar-refractivity contribution >= 4 is 29.3 Å². The Bertz CT molecular complexity index is 521. The fraction of sp³-hybridized carbons (Fsp3) is 0.438. The van der Waals surface area contributed by atoms with Crippen molar-refractivity contribution in [1.82, 2.24) is 0 Å². The molecule has 2 rings (SSSR count). The summed E-state index contributed by atoms with van der Waals surface area (Å²) in [6, 6.07) is 6.02. The van der Waals surface area contributed by atoms with Crippen LogP contribution in [0.2, 0.25) is 5.02 Å². The van der Waals surface area contributed by atoms with Gasteiger partial charge in [-0.1, -0.05) is 11.6 Å². The number of benzene rings is 1. The maximum absolute atomic E-state index is 10.7. The maximum atomic E-state index is 10.7. The number of carboxylic acid groups (broad SMARTS) is 1. The van der Waals surface area contributed by atoms with Gasteiger partial charge in [-0.05, 0) is 62.4 Å². The lowest BCUT2D eigenvalue weighted by Crippen LogP contribution is -2.33. The Hall–Kier alpha value is -1.48. The number of aliphatic carboxylic acids is 1. The van der Waals surface area contributed by atoms with Gasteiger partial charge in [0.25, 0.3) is 0 Å². The highest BCUT2D eigenvalue weighted by Gasteiger charge is 2.26. The van der Waals surface area contributed by atoms with Gasteiger partial charge in [-0.15, -0.1) is 0 Å². The number of carboxylic acids is 1. The molecule has 1 aromatic carbocycles. The normalized spacial score (nSPS) is 15.0. The summed E-state index contributed by atoms with van der Waals surface area (Å²) in [4.78, 5) is 13.1. The monoisotopic (exact) mass is 293 g/mol. The lowest BCUT2D eigenvalue weighted by atomic mass is 10.1. The van der Waals surface area contributed by atoms with Gasteiger partial charge in [0, 0.05) is 29.4 Å². The largest absolute Gasteiger partial charge is 0.478 e. The third kappa shape index (κ3) is 4.01. The van der Waals surface area contributed by atoms with Gasteiger partial charge in [0.2, 0.25) is 0 Å². The van der Waals surface area contributed by atoms with Crippen molar-refractivity contribution in [2.24, 2.45) is 5.92 Å². The summed E-state index contributed by atoms with van der Waals surface area (Å²) in [5, 5.41) is 9.42. The first kappa shape index (κ1) is 14.9. The molecule has 4 heteroatoms. The average Bonchev–Trinajstić information content (AvgIpc) is 3.18. The maximum Gasteiger partial charge on any atom is 0.328 e. The Morgan fingerprint density at radius 3 is 2.75 bits per heavy atom. The van der Waals surface area contributed by atoms with Crippen molar-refractivity contribution in [2.45, 2.75) is 32.7 Å². The van der Waals surface area contributed by atoms with Crippen LogP contribution in [0.25, 0.3) is 6.08 Å². The third-order valence-electron chi connectivity index (χ3n) is 3.48. The average molecular weight is 294 g/mol. The minimum Gasteiger partial charge on any atom is -0.478 e. The standard InChI is InChI=1S/C16H20ClNO2/c1-11(2)18(10-12-3-4-12)15-7-6-14(17)9-13(15)5-8-16(19)20/h5-9,11-12H,3-4,10H2,1-2H3,(H,19,20)/b8-5+. The zero-order valence-corrected chi connectivity index (χ0v) is 12.6. The minimum absolute atomic E-state index is 0.369. The van der Waals surface area contributed by atoms with Crippen LogP contribution in [-0.4, -0.2) is 23.7 Å². The van der Waals surface area contributed by atoms with Crippen LogP contribution in [0.3, 0.4) is 0 Å². The molecule has 0 atom stereocenters. The predicted octanol–water partition coefficient (Wildman–Crippen LogP) is 4.06. The van der Waals surface area contributed by atoms with E-state index >= 15 is 0 Å². The summed E-state index contributed by atoms with van der Waals surface area (Å²) in [6.45, 7) is 5.33. The molecule has 1 N–H and O–H groups in total. The second-order valence-corrected chi connectivity index (χ2v) is 6.00. The molecule has 0 aromatic heterocycles. The highest BCUT2D eigenvalue weighted by Crippen LogP contribution is 2.34. The van der Waals surface area contributed by atoms with E-state index in [0.717, 1.165) is 29.8 Å². The van der Waals surface area contributed by atoms with Gasteiger partial charge in [0.15, 0.2) is 0 Å². The van der Waals surface area contributed by atoms with E-state index in [1.54, 1.807) is 6.08 Å². The molecule has 0 aliphatic heterocycles. The van der Waals surface area contributed by atoms with Crippen LogP contribution in [0.4, 0.5) is 5.69 Å². The highest BCUT2D eigenvalue weighted by atomic mass is 35.5. The van der Waals surface area contributed by atoms with Gasteiger partial charge in [-0.25, -0.2) is 4.79 Å². The Morgan fingerprint density at radius 2 is 2.20 bits per heavy atom. The molecule has 1 aromatic rings. The minimum atomic E-state index is -0.950. The summed E-state index contributed by atoms with van der Waals surface area (Å²) in [5.41, 5.74) is 1.91. The van der Waals surface area contributed by atoms with Gasteiger partial charge in [-0.2, -0.15) is 0 Å². The summed E-state index contributed by atoms with van der Waals surface area (Å²) in [7, 11) is 0. The van der Waals surface area contributed by atoms with E-state index in [0.29, 0.717) is 11.1 Å². The number of nitrogens with zero attached hydrogens (tertiary/aromatic N) is 1. The molecule has 0 amide bonds. The van der Waals surface area contributed by atoms with Crippen LogP contribution >= 0.6 is 11.6 Å². The van der Waals surface area contributed by atoms with Crippen LogP contribution in [-0.2, 0) is 4.79 Å². The number of carbonyl (C=O) groups is 1. The first-order valence-corrected chi connectivity index (χ1v) is 7.32. The highest BCUT2D eigenvalue weighted by molar-refractivity contribution is 6.30. The molecule has 0 radical (unpaired) electrons. The van der Waals surface area contributed by atoms with Gasteiger partial charge in [-0.3, -0.25) is 0 Å². The Balaban J connectivity index is 2.33. The van der Waals surface area contributed by atoms with Crippen molar-refractivity contribution in [1.29, 1.82) is 0 Å². The number of hydrogen-bond acceptors (Lipinski definition) is 2. The van der Waals surface area contributed by atoms with Gasteiger partial charge in [0.1, 0.15) is 0 Å². The second kappa shape index (κ2) is 6.31. The van der Waals surface area contributed by atoms with Crippen LogP contribution in [0.1, 0.15) is 32.3 Å². The van der Waals surface area contributed by atoms with Gasteiger partial charge in [0.05, 0.1) is 0 Å². The summed E-state index contributed by atoms with van der Waals surface area (Å²) >= 11 is 6.03. The molecule has 0 bridgehead atoms. The number of rotatable bonds is 6. The summed E-state index contributed by atoms with van der Waals surface area (Å²) in [5.74, 6) is -0.182. The first-order chi connectivity index (χ1) is 9.47. The van der Waals surface area contributed by atoms with Crippen molar-refractivity contribution in [2.75, 3.05) is 11.4 Å². The SMILES string of the molecule is CC(C)N(CC1CC1)c1ccc(Cl)cc1/C=C/C(=O)O. The zero-order valence-electron chi connectivity index (χ0n) is 11.8. The molecule has 108 valence electrons. The topological polar surface area (TPSA) is 40.5 Å². The van der Waals surface area contributed by atoms with Gasteiger partial charge >= 0.3 is 5.97 Å². The molecular formula is C16H20ClNO2. The number of hydrogen-bond donors (Lipinski definition) is 1. The van der Waals surface area contributed by atoms with Crippen molar-refractivity contribution < 1.29 is 9.90 Å². The molecule has 0 saturated heterocycles. The molecule has 3 nitrogen and oxygen atoms in total. The molecule has 1 aliphatic rings. The molecule has 1 fully saturated rings. The zero-order chi connectivity index (χ0) is 14.7. The van der Waals surface area contributed by atoms with Crippen LogP contribution in [0, 0.1) is 5.92 Å².